The van der Waals surface area contributed by atoms with Crippen LogP contribution in [0.3, 0.4) is 0 Å². The predicted octanol–water partition coefficient (Wildman–Crippen LogP) is -3.39. The van der Waals surface area contributed by atoms with Gasteiger partial charge in [-0.15, -0.1) is 0 Å². The van der Waals surface area contributed by atoms with Gasteiger partial charge < -0.3 is 5.32 Å². The molecular formula is C5H8N2NaO2+. The predicted molar refractivity (Wildman–Crippen MR) is 30.8 cm³/mol. The normalized spacial score (nSPS) is 21.0. The summed E-state index contributed by atoms with van der Waals surface area (Å²) in [5, 5.41) is 4.56. The van der Waals surface area contributed by atoms with Gasteiger partial charge in [0.15, 0.2) is 0 Å². The summed E-state index contributed by atoms with van der Waals surface area (Å²) >= 11 is 0. The van der Waals surface area contributed by atoms with Crippen molar-refractivity contribution in [3.05, 3.63) is 0 Å². The minimum Gasteiger partial charge on any atom is -0.324 e. The Morgan fingerprint density at radius 2 is 1.80 bits per heavy atom. The van der Waals surface area contributed by atoms with Crippen molar-refractivity contribution in [3.8, 4) is 0 Å². The van der Waals surface area contributed by atoms with Crippen molar-refractivity contribution < 1.29 is 39.1 Å². The van der Waals surface area contributed by atoms with Crippen molar-refractivity contribution in [2.45, 2.75) is 19.4 Å². The SMILES string of the molecule is CC1(C)NC(=O)NC1=O.[Na+]. The van der Waals surface area contributed by atoms with E-state index in [9.17, 15) is 9.59 Å². The second kappa shape index (κ2) is 2.90. The van der Waals surface area contributed by atoms with Crippen LogP contribution in [0.4, 0.5) is 4.79 Å². The Bertz CT molecular complexity index is 178. The summed E-state index contributed by atoms with van der Waals surface area (Å²) in [6.45, 7) is 3.29. The molecule has 1 fully saturated rings. The fourth-order valence-corrected chi connectivity index (χ4v) is 0.631. The Morgan fingerprint density at radius 3 is 1.90 bits per heavy atom. The van der Waals surface area contributed by atoms with Crippen LogP contribution >= 0.6 is 0 Å². The molecule has 0 unspecified atom stereocenters. The summed E-state index contributed by atoms with van der Waals surface area (Å²) in [7, 11) is 0. The number of urea groups is 1. The van der Waals surface area contributed by atoms with Crippen LogP contribution in [-0.4, -0.2) is 17.5 Å². The minimum absolute atomic E-state index is 0. The second-order valence-corrected chi connectivity index (χ2v) is 2.53. The zero-order valence-electron chi connectivity index (χ0n) is 6.32. The van der Waals surface area contributed by atoms with E-state index in [0.29, 0.717) is 0 Å². The van der Waals surface area contributed by atoms with Gasteiger partial charge in [-0.2, -0.15) is 0 Å². The van der Waals surface area contributed by atoms with E-state index in [1.165, 1.54) is 0 Å². The van der Waals surface area contributed by atoms with E-state index >= 15 is 0 Å². The Hall–Kier alpha value is -0.0600. The van der Waals surface area contributed by atoms with E-state index in [-0.39, 0.29) is 35.5 Å². The van der Waals surface area contributed by atoms with E-state index in [2.05, 4.69) is 10.6 Å². The molecule has 4 nitrogen and oxygen atoms in total. The van der Waals surface area contributed by atoms with Crippen LogP contribution < -0.4 is 40.2 Å². The van der Waals surface area contributed by atoms with Gasteiger partial charge >= 0.3 is 35.6 Å². The maximum Gasteiger partial charge on any atom is 1.00 e. The van der Waals surface area contributed by atoms with Gasteiger partial charge in [-0.25, -0.2) is 4.79 Å². The number of hydrogen-bond donors (Lipinski definition) is 2. The van der Waals surface area contributed by atoms with Crippen LogP contribution in [0.5, 0.6) is 0 Å². The van der Waals surface area contributed by atoms with Crippen molar-refractivity contribution in [1.82, 2.24) is 10.6 Å². The summed E-state index contributed by atoms with van der Waals surface area (Å²) in [5.41, 5.74) is -0.725. The van der Waals surface area contributed by atoms with E-state index < -0.39 is 11.6 Å². The number of imide groups is 1. The van der Waals surface area contributed by atoms with E-state index in [4.69, 9.17) is 0 Å². The molecule has 1 heterocycles. The topological polar surface area (TPSA) is 58.2 Å². The number of carbonyl (C=O) groups excluding carboxylic acids is 2. The van der Waals surface area contributed by atoms with Crippen LogP contribution in [-0.2, 0) is 4.79 Å². The zero-order chi connectivity index (χ0) is 7.07. The van der Waals surface area contributed by atoms with Gasteiger partial charge in [0.2, 0.25) is 0 Å². The molecule has 0 saturated carbocycles. The summed E-state index contributed by atoms with van der Waals surface area (Å²) in [6.07, 6.45) is 0. The van der Waals surface area contributed by atoms with Crippen molar-refractivity contribution in [3.63, 3.8) is 0 Å². The molecule has 0 bridgehead atoms. The maximum atomic E-state index is 10.7. The van der Waals surface area contributed by atoms with Crippen molar-refractivity contribution in [2.24, 2.45) is 0 Å². The number of nitrogens with one attached hydrogen (secondary N) is 2. The average molecular weight is 151 g/mol. The molecule has 5 heteroatoms. The van der Waals surface area contributed by atoms with Gasteiger partial charge in [0.05, 0.1) is 0 Å². The van der Waals surface area contributed by atoms with Gasteiger partial charge in [0.1, 0.15) is 5.54 Å². The van der Waals surface area contributed by atoms with Crippen molar-refractivity contribution in [2.75, 3.05) is 0 Å². The molecule has 0 aromatic heterocycles. The standard InChI is InChI=1S/C5H8N2O2.Na/c1-5(2)3(8)6-4(9)7-5;/h1-2H3,(H2,6,7,8,9);/q;+1. The fourth-order valence-electron chi connectivity index (χ4n) is 0.631. The van der Waals surface area contributed by atoms with Crippen LogP contribution in [0.25, 0.3) is 0 Å². The number of carbonyl (C=O) groups is 2. The molecule has 1 saturated heterocycles. The van der Waals surface area contributed by atoms with Crippen molar-refractivity contribution >= 4 is 11.9 Å². The Kier molecular flexibility index (Phi) is 2.88. The molecule has 1 rings (SSSR count). The Balaban J connectivity index is 0.000000810. The third-order valence-corrected chi connectivity index (χ3v) is 1.22. The first kappa shape index (κ1) is 9.94. The molecule has 0 aliphatic carbocycles. The molecule has 1 aliphatic rings. The summed E-state index contributed by atoms with van der Waals surface area (Å²) < 4.78 is 0. The van der Waals surface area contributed by atoms with E-state index in [1.54, 1.807) is 13.8 Å². The number of hydrogen-bond acceptors (Lipinski definition) is 2. The molecule has 0 spiro atoms. The molecule has 10 heavy (non-hydrogen) atoms. The van der Waals surface area contributed by atoms with Crippen LogP contribution in [0.1, 0.15) is 13.8 Å². The molecule has 1 aliphatic heterocycles. The van der Waals surface area contributed by atoms with Crippen LogP contribution in [0.2, 0.25) is 0 Å². The smallest absolute Gasteiger partial charge is 0.324 e. The molecule has 3 amide bonds. The second-order valence-electron chi connectivity index (χ2n) is 2.53. The quantitative estimate of drug-likeness (QED) is 0.280. The van der Waals surface area contributed by atoms with Gasteiger partial charge in [0, 0.05) is 0 Å². The van der Waals surface area contributed by atoms with E-state index in [1.807, 2.05) is 0 Å². The van der Waals surface area contributed by atoms with Gasteiger partial charge in [-0.05, 0) is 13.8 Å². The molecule has 0 atom stereocenters. The third-order valence-electron chi connectivity index (χ3n) is 1.22. The molecule has 50 valence electrons. The number of rotatable bonds is 0. The zero-order valence-corrected chi connectivity index (χ0v) is 8.32. The maximum absolute atomic E-state index is 10.7. The van der Waals surface area contributed by atoms with Crippen LogP contribution in [0, 0.1) is 0 Å². The summed E-state index contributed by atoms with van der Waals surface area (Å²) in [6, 6.07) is -0.412. The summed E-state index contributed by atoms with van der Waals surface area (Å²) in [5.74, 6) is -0.271. The first-order valence-corrected chi connectivity index (χ1v) is 2.66. The van der Waals surface area contributed by atoms with Crippen molar-refractivity contribution in [1.29, 1.82) is 0 Å². The Labute approximate surface area is 81.0 Å². The molecule has 0 aromatic carbocycles. The van der Waals surface area contributed by atoms with Gasteiger partial charge in [-0.1, -0.05) is 0 Å². The molecule has 0 aromatic rings. The average Bonchev–Trinajstić information content (AvgIpc) is 1.79. The Morgan fingerprint density at radius 1 is 1.30 bits per heavy atom. The molecule has 2 N–H and O–H groups in total. The largest absolute Gasteiger partial charge is 1.00 e. The molecular weight excluding hydrogens is 143 g/mol. The van der Waals surface area contributed by atoms with Crippen LogP contribution in [0.15, 0.2) is 0 Å². The first-order chi connectivity index (χ1) is 4.02. The number of amides is 3. The van der Waals surface area contributed by atoms with Gasteiger partial charge in [-0.3, -0.25) is 10.1 Å². The van der Waals surface area contributed by atoms with Gasteiger partial charge in [0.25, 0.3) is 5.91 Å². The monoisotopic (exact) mass is 151 g/mol. The molecule has 0 radical (unpaired) electrons. The first-order valence-electron chi connectivity index (χ1n) is 2.66. The summed E-state index contributed by atoms with van der Waals surface area (Å²) in [4.78, 5) is 21.1. The third kappa shape index (κ3) is 1.71. The minimum atomic E-state index is -0.725. The van der Waals surface area contributed by atoms with E-state index in [0.717, 1.165) is 0 Å². The fraction of sp³-hybridized carbons (Fsp3) is 0.600.